The molecule has 3 nitrogen and oxygen atoms in total. The Morgan fingerprint density at radius 3 is 3.00 bits per heavy atom. The molecule has 0 spiro atoms. The second kappa shape index (κ2) is 5.40. The molecule has 0 unspecified atom stereocenters. The Hall–Kier alpha value is -1.35. The van der Waals surface area contributed by atoms with Crippen LogP contribution in [0.5, 0.6) is 0 Å². The zero-order valence-corrected chi connectivity index (χ0v) is 8.02. The SMILES string of the molecule is N[C@@H](C/C=C/C1=CCCC=C1)C(=O)O. The lowest BCUT2D eigenvalue weighted by Crippen LogP contribution is -2.29. The highest BCUT2D eigenvalue weighted by molar-refractivity contribution is 5.73. The highest BCUT2D eigenvalue weighted by atomic mass is 16.4. The molecular formula is C11H15NO2. The fourth-order valence-electron chi connectivity index (χ4n) is 1.21. The molecule has 0 aromatic rings. The topological polar surface area (TPSA) is 63.3 Å². The second-order valence-electron chi connectivity index (χ2n) is 3.27. The van der Waals surface area contributed by atoms with E-state index < -0.39 is 12.0 Å². The normalized spacial score (nSPS) is 18.2. The lowest BCUT2D eigenvalue weighted by atomic mass is 10.1. The molecule has 0 saturated heterocycles. The van der Waals surface area contributed by atoms with Crippen LogP contribution in [0.3, 0.4) is 0 Å². The van der Waals surface area contributed by atoms with Crippen LogP contribution in [0.4, 0.5) is 0 Å². The minimum atomic E-state index is -0.956. The van der Waals surface area contributed by atoms with E-state index in [1.807, 2.05) is 12.2 Å². The molecule has 0 saturated carbocycles. The van der Waals surface area contributed by atoms with Gasteiger partial charge in [-0.15, -0.1) is 0 Å². The van der Waals surface area contributed by atoms with Gasteiger partial charge < -0.3 is 10.8 Å². The fraction of sp³-hybridized carbons (Fsp3) is 0.364. The molecule has 0 heterocycles. The van der Waals surface area contributed by atoms with E-state index in [0.717, 1.165) is 18.4 Å². The smallest absolute Gasteiger partial charge is 0.320 e. The third kappa shape index (κ3) is 3.58. The van der Waals surface area contributed by atoms with Crippen LogP contribution < -0.4 is 5.73 Å². The molecule has 1 aliphatic carbocycles. The predicted octanol–water partition coefficient (Wildman–Crippen LogP) is 1.62. The Balaban J connectivity index is 2.37. The van der Waals surface area contributed by atoms with Crippen molar-refractivity contribution in [3.8, 4) is 0 Å². The number of nitrogens with two attached hydrogens (primary N) is 1. The first-order valence-electron chi connectivity index (χ1n) is 4.72. The van der Waals surface area contributed by atoms with Crippen molar-refractivity contribution in [3.63, 3.8) is 0 Å². The zero-order chi connectivity index (χ0) is 10.4. The predicted molar refractivity (Wildman–Crippen MR) is 55.8 cm³/mol. The minimum absolute atomic E-state index is 0.376. The van der Waals surface area contributed by atoms with Crippen LogP contribution in [0.25, 0.3) is 0 Å². The van der Waals surface area contributed by atoms with Crippen molar-refractivity contribution in [1.82, 2.24) is 0 Å². The van der Waals surface area contributed by atoms with Crippen molar-refractivity contribution >= 4 is 5.97 Å². The summed E-state index contributed by atoms with van der Waals surface area (Å²) in [5.41, 5.74) is 6.48. The summed E-state index contributed by atoms with van der Waals surface area (Å²) in [4.78, 5) is 10.4. The Morgan fingerprint density at radius 1 is 1.64 bits per heavy atom. The zero-order valence-electron chi connectivity index (χ0n) is 8.02. The van der Waals surface area contributed by atoms with E-state index >= 15 is 0 Å². The van der Waals surface area contributed by atoms with Crippen LogP contribution in [0.15, 0.2) is 36.0 Å². The van der Waals surface area contributed by atoms with Gasteiger partial charge in [0.1, 0.15) is 6.04 Å². The van der Waals surface area contributed by atoms with E-state index in [1.54, 1.807) is 6.08 Å². The molecule has 0 aromatic heterocycles. The van der Waals surface area contributed by atoms with Crippen molar-refractivity contribution < 1.29 is 9.90 Å². The number of aliphatic carboxylic acids is 1. The van der Waals surface area contributed by atoms with Crippen molar-refractivity contribution in [2.75, 3.05) is 0 Å². The fourth-order valence-corrected chi connectivity index (χ4v) is 1.21. The van der Waals surface area contributed by atoms with E-state index in [4.69, 9.17) is 10.8 Å². The Morgan fingerprint density at radius 2 is 2.43 bits per heavy atom. The van der Waals surface area contributed by atoms with Gasteiger partial charge in [0.2, 0.25) is 0 Å². The highest BCUT2D eigenvalue weighted by Crippen LogP contribution is 2.10. The molecule has 76 valence electrons. The van der Waals surface area contributed by atoms with Gasteiger partial charge in [0.25, 0.3) is 0 Å². The van der Waals surface area contributed by atoms with Gasteiger partial charge in [-0.05, 0) is 24.8 Å². The van der Waals surface area contributed by atoms with Gasteiger partial charge in [0, 0.05) is 0 Å². The second-order valence-corrected chi connectivity index (χ2v) is 3.27. The lowest BCUT2D eigenvalue weighted by molar-refractivity contribution is -0.138. The molecule has 0 aromatic carbocycles. The molecule has 0 amide bonds. The van der Waals surface area contributed by atoms with Crippen molar-refractivity contribution in [2.45, 2.75) is 25.3 Å². The van der Waals surface area contributed by atoms with Crippen molar-refractivity contribution in [2.24, 2.45) is 5.73 Å². The van der Waals surface area contributed by atoms with Gasteiger partial charge in [-0.2, -0.15) is 0 Å². The Labute approximate surface area is 83.6 Å². The summed E-state index contributed by atoms with van der Waals surface area (Å²) in [6, 6.07) is -0.792. The monoisotopic (exact) mass is 193 g/mol. The average Bonchev–Trinajstić information content (AvgIpc) is 2.19. The van der Waals surface area contributed by atoms with Gasteiger partial charge in [0.15, 0.2) is 0 Å². The van der Waals surface area contributed by atoms with Crippen LogP contribution >= 0.6 is 0 Å². The summed E-state index contributed by atoms with van der Waals surface area (Å²) >= 11 is 0. The molecule has 14 heavy (non-hydrogen) atoms. The Bertz CT molecular complexity index is 290. The number of carboxylic acids is 1. The molecule has 3 heteroatoms. The molecule has 0 aliphatic heterocycles. The maximum atomic E-state index is 10.4. The van der Waals surface area contributed by atoms with Crippen LogP contribution in [0.2, 0.25) is 0 Å². The molecule has 3 N–H and O–H groups in total. The largest absolute Gasteiger partial charge is 0.480 e. The first-order valence-corrected chi connectivity index (χ1v) is 4.72. The van der Waals surface area contributed by atoms with E-state index in [-0.39, 0.29) is 0 Å². The van der Waals surface area contributed by atoms with Gasteiger partial charge in [-0.25, -0.2) is 0 Å². The highest BCUT2D eigenvalue weighted by Gasteiger charge is 2.07. The number of carboxylic acid groups (broad SMARTS) is 1. The Kier molecular flexibility index (Phi) is 4.13. The van der Waals surface area contributed by atoms with E-state index in [9.17, 15) is 4.79 Å². The standard InChI is InChI=1S/C11H15NO2/c12-10(11(13)14)8-4-7-9-5-2-1-3-6-9/h2,4-7,10H,1,3,8,12H2,(H,13,14)/b7-4+/t10-/m0/s1. The van der Waals surface area contributed by atoms with E-state index in [1.165, 1.54) is 0 Å². The van der Waals surface area contributed by atoms with Gasteiger partial charge in [-0.1, -0.05) is 30.4 Å². The first-order chi connectivity index (χ1) is 6.70. The quantitative estimate of drug-likeness (QED) is 0.713. The number of allylic oxidation sites excluding steroid dienone is 5. The van der Waals surface area contributed by atoms with E-state index in [2.05, 4.69) is 12.2 Å². The third-order valence-corrected chi connectivity index (χ3v) is 2.04. The number of hydrogen-bond acceptors (Lipinski definition) is 2. The van der Waals surface area contributed by atoms with Crippen LogP contribution in [0, 0.1) is 0 Å². The molecule has 0 fully saturated rings. The maximum absolute atomic E-state index is 10.4. The maximum Gasteiger partial charge on any atom is 0.320 e. The van der Waals surface area contributed by atoms with Gasteiger partial charge in [-0.3, -0.25) is 4.79 Å². The first kappa shape index (κ1) is 10.7. The van der Waals surface area contributed by atoms with Crippen LogP contribution in [-0.4, -0.2) is 17.1 Å². The number of carbonyl (C=O) groups is 1. The van der Waals surface area contributed by atoms with Crippen molar-refractivity contribution in [3.05, 3.63) is 36.0 Å². The summed E-state index contributed by atoms with van der Waals surface area (Å²) in [5, 5.41) is 8.53. The summed E-state index contributed by atoms with van der Waals surface area (Å²) in [5.74, 6) is -0.956. The van der Waals surface area contributed by atoms with Gasteiger partial charge in [0.05, 0.1) is 0 Å². The van der Waals surface area contributed by atoms with Crippen LogP contribution in [0.1, 0.15) is 19.3 Å². The minimum Gasteiger partial charge on any atom is -0.480 e. The van der Waals surface area contributed by atoms with Gasteiger partial charge >= 0.3 is 5.97 Å². The molecular weight excluding hydrogens is 178 g/mol. The molecule has 0 bridgehead atoms. The average molecular weight is 193 g/mol. The molecule has 0 radical (unpaired) electrons. The summed E-state index contributed by atoms with van der Waals surface area (Å²) in [7, 11) is 0. The van der Waals surface area contributed by atoms with Crippen LogP contribution in [-0.2, 0) is 4.79 Å². The van der Waals surface area contributed by atoms with Crippen molar-refractivity contribution in [1.29, 1.82) is 0 Å². The number of rotatable bonds is 4. The lowest BCUT2D eigenvalue weighted by Gasteiger charge is -2.02. The van der Waals surface area contributed by atoms with E-state index in [0.29, 0.717) is 6.42 Å². The number of hydrogen-bond donors (Lipinski definition) is 2. The summed E-state index contributed by atoms with van der Waals surface area (Å²) < 4.78 is 0. The third-order valence-electron chi connectivity index (χ3n) is 2.04. The summed E-state index contributed by atoms with van der Waals surface area (Å²) in [6.45, 7) is 0. The summed E-state index contributed by atoms with van der Waals surface area (Å²) in [6.07, 6.45) is 12.5. The molecule has 1 rings (SSSR count). The molecule has 1 atom stereocenters. The molecule has 1 aliphatic rings.